The smallest absolute Gasteiger partial charge is 0.243 e. The molecule has 9 heteroatoms. The van der Waals surface area contributed by atoms with Gasteiger partial charge in [-0.05, 0) is 48.6 Å². The zero-order chi connectivity index (χ0) is 29.8. The van der Waals surface area contributed by atoms with Gasteiger partial charge in [-0.1, -0.05) is 67.6 Å². The number of hydrogen-bond donors (Lipinski definition) is 1. The van der Waals surface area contributed by atoms with Crippen LogP contribution in [0.1, 0.15) is 42.9 Å². The predicted octanol–water partition coefficient (Wildman–Crippen LogP) is 4.72. The Morgan fingerprint density at radius 2 is 1.68 bits per heavy atom. The summed E-state index contributed by atoms with van der Waals surface area (Å²) in [6.45, 7) is 4.87. The van der Waals surface area contributed by atoms with Crippen molar-refractivity contribution in [3.8, 4) is 5.75 Å². The second-order valence-corrected chi connectivity index (χ2v) is 12.0. The summed E-state index contributed by atoms with van der Waals surface area (Å²) in [5.74, 6) is 0.130. The Kier molecular flexibility index (Phi) is 11.8. The normalized spacial score (nSPS) is 11.9. The van der Waals surface area contributed by atoms with Crippen molar-refractivity contribution in [1.82, 2.24) is 10.2 Å². The van der Waals surface area contributed by atoms with Crippen LogP contribution in [-0.2, 0) is 32.6 Å². The molecule has 0 saturated carbocycles. The van der Waals surface area contributed by atoms with Crippen LogP contribution in [0.2, 0.25) is 0 Å². The maximum Gasteiger partial charge on any atom is 0.243 e. The number of anilines is 1. The van der Waals surface area contributed by atoms with Gasteiger partial charge in [0, 0.05) is 38.5 Å². The first-order valence-electron chi connectivity index (χ1n) is 13.9. The number of rotatable bonds is 15. The molecule has 0 heterocycles. The lowest BCUT2D eigenvalue weighted by molar-refractivity contribution is -0.141. The quantitative estimate of drug-likeness (QED) is 0.281. The second-order valence-electron chi connectivity index (χ2n) is 10.1. The van der Waals surface area contributed by atoms with Gasteiger partial charge in [0.1, 0.15) is 11.8 Å². The zero-order valence-electron chi connectivity index (χ0n) is 24.4. The molecule has 220 valence electrons. The third-order valence-corrected chi connectivity index (χ3v) is 8.11. The average Bonchev–Trinajstić information content (AvgIpc) is 2.96. The first kappa shape index (κ1) is 31.7. The molecular weight excluding hydrogens is 538 g/mol. The van der Waals surface area contributed by atoms with Crippen LogP contribution in [0.3, 0.4) is 0 Å². The van der Waals surface area contributed by atoms with Crippen molar-refractivity contribution < 1.29 is 22.7 Å². The number of nitrogens with zero attached hydrogens (tertiary/aromatic N) is 2. The summed E-state index contributed by atoms with van der Waals surface area (Å²) in [5, 5.41) is 2.98. The number of methoxy groups -OCH3 is 1. The molecule has 1 unspecified atom stereocenters. The molecule has 1 atom stereocenters. The van der Waals surface area contributed by atoms with Crippen molar-refractivity contribution in [2.75, 3.05) is 30.8 Å². The Balaban J connectivity index is 1.88. The van der Waals surface area contributed by atoms with Crippen molar-refractivity contribution in [1.29, 1.82) is 0 Å². The van der Waals surface area contributed by atoms with E-state index in [1.807, 2.05) is 68.4 Å². The average molecular weight is 580 g/mol. The first-order valence-corrected chi connectivity index (χ1v) is 15.8. The minimum atomic E-state index is -3.61. The second kappa shape index (κ2) is 15.2. The highest BCUT2D eigenvalue weighted by Gasteiger charge is 2.30. The molecule has 0 radical (unpaired) electrons. The van der Waals surface area contributed by atoms with Crippen molar-refractivity contribution in [3.63, 3.8) is 0 Å². The number of amides is 2. The number of aryl methyl sites for hydroxylation is 1. The molecule has 0 bridgehead atoms. The number of benzene rings is 3. The molecule has 3 aromatic rings. The molecule has 41 heavy (non-hydrogen) atoms. The van der Waals surface area contributed by atoms with Gasteiger partial charge in [0.15, 0.2) is 0 Å². The van der Waals surface area contributed by atoms with Gasteiger partial charge in [-0.3, -0.25) is 13.9 Å². The van der Waals surface area contributed by atoms with Crippen molar-refractivity contribution >= 4 is 27.5 Å². The SMILES string of the molecule is CCCNC(=O)C(Cc1ccccc1)N(Cc1ccccc1C)C(=O)CCCN(c1cccc(OC)c1)S(C)(=O)=O. The number of ether oxygens (including phenoxy) is 1. The van der Waals surface area contributed by atoms with E-state index in [2.05, 4.69) is 5.32 Å². The third-order valence-electron chi connectivity index (χ3n) is 6.92. The summed E-state index contributed by atoms with van der Waals surface area (Å²) in [4.78, 5) is 29.0. The Bertz CT molecular complexity index is 1400. The third kappa shape index (κ3) is 9.35. The van der Waals surface area contributed by atoms with E-state index in [4.69, 9.17) is 4.74 Å². The molecule has 3 rings (SSSR count). The van der Waals surface area contributed by atoms with E-state index in [1.165, 1.54) is 11.4 Å². The van der Waals surface area contributed by atoms with E-state index in [9.17, 15) is 18.0 Å². The van der Waals surface area contributed by atoms with Crippen molar-refractivity contribution in [3.05, 3.63) is 95.6 Å². The fraction of sp³-hybridized carbons (Fsp3) is 0.375. The lowest BCUT2D eigenvalue weighted by atomic mass is 10.0. The fourth-order valence-corrected chi connectivity index (χ4v) is 5.62. The van der Waals surface area contributed by atoms with Crippen LogP contribution in [-0.4, -0.2) is 57.6 Å². The van der Waals surface area contributed by atoms with E-state index in [1.54, 1.807) is 29.2 Å². The number of nitrogens with one attached hydrogen (secondary N) is 1. The van der Waals surface area contributed by atoms with Crippen LogP contribution in [0, 0.1) is 6.92 Å². The Morgan fingerprint density at radius 1 is 0.976 bits per heavy atom. The molecule has 0 saturated heterocycles. The molecule has 8 nitrogen and oxygen atoms in total. The number of sulfonamides is 1. The van der Waals surface area contributed by atoms with Crippen LogP contribution in [0.4, 0.5) is 5.69 Å². The summed E-state index contributed by atoms with van der Waals surface area (Å²) in [6.07, 6.45) is 2.65. The van der Waals surface area contributed by atoms with Crippen LogP contribution < -0.4 is 14.4 Å². The molecule has 0 aliphatic heterocycles. The molecular formula is C32H41N3O5S. The predicted molar refractivity (Wildman–Crippen MR) is 163 cm³/mol. The van der Waals surface area contributed by atoms with Crippen molar-refractivity contribution in [2.24, 2.45) is 0 Å². The fourth-order valence-electron chi connectivity index (χ4n) is 4.66. The highest BCUT2D eigenvalue weighted by Crippen LogP contribution is 2.24. The monoisotopic (exact) mass is 579 g/mol. The van der Waals surface area contributed by atoms with Gasteiger partial charge in [0.25, 0.3) is 0 Å². The topological polar surface area (TPSA) is 96.0 Å². The van der Waals surface area contributed by atoms with Crippen LogP contribution in [0.15, 0.2) is 78.9 Å². The molecule has 2 amide bonds. The minimum absolute atomic E-state index is 0.0776. The lowest BCUT2D eigenvalue weighted by Gasteiger charge is -2.32. The summed E-state index contributed by atoms with van der Waals surface area (Å²) < 4.78 is 31.9. The summed E-state index contributed by atoms with van der Waals surface area (Å²) in [6, 6.07) is 23.6. The molecule has 0 aliphatic carbocycles. The number of hydrogen-bond acceptors (Lipinski definition) is 5. The van der Waals surface area contributed by atoms with Gasteiger partial charge in [0.05, 0.1) is 19.1 Å². The summed E-state index contributed by atoms with van der Waals surface area (Å²) in [5.41, 5.74) is 3.40. The Morgan fingerprint density at radius 3 is 2.34 bits per heavy atom. The molecule has 0 fully saturated rings. The highest BCUT2D eigenvalue weighted by atomic mass is 32.2. The van der Waals surface area contributed by atoms with Gasteiger partial charge in [0.2, 0.25) is 21.8 Å². The van der Waals surface area contributed by atoms with E-state index >= 15 is 0 Å². The first-order chi connectivity index (χ1) is 19.6. The highest BCUT2D eigenvalue weighted by molar-refractivity contribution is 7.92. The van der Waals surface area contributed by atoms with Gasteiger partial charge in [-0.2, -0.15) is 0 Å². The van der Waals surface area contributed by atoms with Gasteiger partial charge < -0.3 is 15.0 Å². The minimum Gasteiger partial charge on any atom is -0.497 e. The molecule has 1 N–H and O–H groups in total. The van der Waals surface area contributed by atoms with E-state index in [0.717, 1.165) is 29.4 Å². The van der Waals surface area contributed by atoms with Gasteiger partial charge in [-0.15, -0.1) is 0 Å². The van der Waals surface area contributed by atoms with E-state index in [0.29, 0.717) is 24.4 Å². The van der Waals surface area contributed by atoms with Crippen LogP contribution in [0.25, 0.3) is 0 Å². The largest absolute Gasteiger partial charge is 0.497 e. The molecule has 3 aromatic carbocycles. The maximum atomic E-state index is 13.9. The number of carbonyl (C=O) groups is 2. The van der Waals surface area contributed by atoms with Crippen LogP contribution in [0.5, 0.6) is 5.75 Å². The summed E-state index contributed by atoms with van der Waals surface area (Å²) >= 11 is 0. The van der Waals surface area contributed by atoms with Crippen molar-refractivity contribution in [2.45, 2.75) is 52.1 Å². The lowest BCUT2D eigenvalue weighted by Crippen LogP contribution is -2.50. The molecule has 0 aromatic heterocycles. The summed E-state index contributed by atoms with van der Waals surface area (Å²) in [7, 11) is -2.09. The maximum absolute atomic E-state index is 13.9. The van der Waals surface area contributed by atoms with Gasteiger partial charge in [-0.25, -0.2) is 8.42 Å². The van der Waals surface area contributed by atoms with Gasteiger partial charge >= 0.3 is 0 Å². The Hall–Kier alpha value is -3.85. The number of carbonyl (C=O) groups excluding carboxylic acids is 2. The molecule has 0 spiro atoms. The van der Waals surface area contributed by atoms with E-state index < -0.39 is 16.1 Å². The Labute approximate surface area is 244 Å². The zero-order valence-corrected chi connectivity index (χ0v) is 25.2. The standard InChI is InChI=1S/C32H41N3O5S/c1-5-20-33-32(37)30(22-26-14-7-6-8-15-26)34(24-27-16-10-9-13-25(27)2)31(36)19-12-21-35(41(4,38)39)28-17-11-18-29(23-28)40-3/h6-11,13-18,23,30H,5,12,19-22,24H2,1-4H3,(H,33,37). The van der Waals surface area contributed by atoms with Crippen LogP contribution >= 0.6 is 0 Å². The van der Waals surface area contributed by atoms with E-state index in [-0.39, 0.29) is 37.7 Å². The molecule has 0 aliphatic rings.